The molecule has 0 aliphatic heterocycles. The Morgan fingerprint density at radius 3 is 2.32 bits per heavy atom. The van der Waals surface area contributed by atoms with Crippen LogP contribution in [-0.4, -0.2) is 30.3 Å². The number of nitrogens with zero attached hydrogens (tertiary/aromatic N) is 2. The van der Waals surface area contributed by atoms with Gasteiger partial charge in [-0.05, 0) is 39.0 Å². The highest BCUT2D eigenvalue weighted by molar-refractivity contribution is 7.89. The van der Waals surface area contributed by atoms with Gasteiger partial charge in [-0.15, -0.1) is 12.4 Å². The molecular formula is C16H22ClN7O3S. The van der Waals surface area contributed by atoms with E-state index in [9.17, 15) is 13.2 Å². The zero-order chi connectivity index (χ0) is 20.4. The first kappa shape index (κ1) is 23.3. The van der Waals surface area contributed by atoms with Gasteiger partial charge < -0.3 is 11.1 Å². The third-order valence-corrected chi connectivity index (χ3v) is 4.77. The third kappa shape index (κ3) is 5.62. The van der Waals surface area contributed by atoms with Crippen LogP contribution < -0.4 is 21.5 Å². The summed E-state index contributed by atoms with van der Waals surface area (Å²) in [4.78, 5) is 20.5. The van der Waals surface area contributed by atoms with Crippen LogP contribution in [0, 0.1) is 26.2 Å². The second-order valence-corrected chi connectivity index (χ2v) is 7.43. The van der Waals surface area contributed by atoms with Gasteiger partial charge in [0.1, 0.15) is 4.90 Å². The van der Waals surface area contributed by atoms with Gasteiger partial charge in [0.25, 0.3) is 5.91 Å². The van der Waals surface area contributed by atoms with E-state index in [-0.39, 0.29) is 35.1 Å². The van der Waals surface area contributed by atoms with Crippen molar-refractivity contribution in [1.82, 2.24) is 15.3 Å². The second kappa shape index (κ2) is 8.95. The lowest BCUT2D eigenvalue weighted by molar-refractivity contribution is 0.0976. The molecule has 7 N–H and O–H groups in total. The summed E-state index contributed by atoms with van der Waals surface area (Å²) in [7, 11) is -4.11. The molecule has 0 aliphatic rings. The minimum absolute atomic E-state index is 0. The summed E-state index contributed by atoms with van der Waals surface area (Å²) < 4.78 is 23.9. The SMILES string of the molecule is Cc1nc(C)c(CNc2ccc(C(=O)NC(=N)N)cc2S(N)(=O)=O)nc1C.Cl. The lowest BCUT2D eigenvalue weighted by atomic mass is 10.2. The molecule has 12 heteroatoms. The van der Waals surface area contributed by atoms with E-state index in [1.807, 2.05) is 20.8 Å². The fourth-order valence-electron chi connectivity index (χ4n) is 2.35. The van der Waals surface area contributed by atoms with E-state index < -0.39 is 21.9 Å². The van der Waals surface area contributed by atoms with Gasteiger partial charge in [-0.1, -0.05) is 0 Å². The molecule has 1 amide bonds. The summed E-state index contributed by atoms with van der Waals surface area (Å²) in [6, 6.07) is 3.93. The van der Waals surface area contributed by atoms with Crippen LogP contribution in [-0.2, 0) is 16.6 Å². The minimum Gasteiger partial charge on any atom is -0.378 e. The number of aryl methyl sites for hydroxylation is 3. The van der Waals surface area contributed by atoms with Gasteiger partial charge in [-0.3, -0.25) is 25.5 Å². The zero-order valence-electron chi connectivity index (χ0n) is 15.5. The van der Waals surface area contributed by atoms with Crippen molar-refractivity contribution in [3.8, 4) is 0 Å². The molecule has 0 unspecified atom stereocenters. The molecule has 0 spiro atoms. The van der Waals surface area contributed by atoms with E-state index in [1.165, 1.54) is 12.1 Å². The minimum atomic E-state index is -4.11. The molecule has 0 saturated heterocycles. The molecule has 28 heavy (non-hydrogen) atoms. The number of sulfonamides is 1. The number of nitrogens with two attached hydrogens (primary N) is 2. The second-order valence-electron chi connectivity index (χ2n) is 5.90. The molecule has 1 heterocycles. The number of primary sulfonamides is 1. The number of hydrogen-bond acceptors (Lipinski definition) is 7. The maximum atomic E-state index is 11.9. The Hall–Kier alpha value is -2.76. The number of carbonyl (C=O) groups excluding carboxylic acids is 1. The van der Waals surface area contributed by atoms with Gasteiger partial charge in [0.05, 0.1) is 35.0 Å². The van der Waals surface area contributed by atoms with Crippen LogP contribution in [0.4, 0.5) is 5.69 Å². The van der Waals surface area contributed by atoms with Gasteiger partial charge in [0.2, 0.25) is 10.0 Å². The molecule has 0 atom stereocenters. The van der Waals surface area contributed by atoms with Crippen molar-refractivity contribution >= 4 is 40.0 Å². The number of carbonyl (C=O) groups is 1. The van der Waals surface area contributed by atoms with E-state index >= 15 is 0 Å². The number of nitrogens with one attached hydrogen (secondary N) is 3. The predicted octanol–water partition coefficient (Wildman–Crippen LogP) is 0.706. The van der Waals surface area contributed by atoms with Crippen LogP contribution in [0.3, 0.4) is 0 Å². The van der Waals surface area contributed by atoms with E-state index in [0.717, 1.165) is 23.1 Å². The van der Waals surface area contributed by atoms with Gasteiger partial charge in [-0.25, -0.2) is 13.6 Å². The largest absolute Gasteiger partial charge is 0.378 e. The number of anilines is 1. The average molecular weight is 428 g/mol. The van der Waals surface area contributed by atoms with Gasteiger partial charge in [-0.2, -0.15) is 0 Å². The predicted molar refractivity (Wildman–Crippen MR) is 108 cm³/mol. The smallest absolute Gasteiger partial charge is 0.257 e. The number of amides is 1. The van der Waals surface area contributed by atoms with Crippen molar-refractivity contribution in [2.24, 2.45) is 10.9 Å². The quantitative estimate of drug-likeness (QED) is 0.344. The van der Waals surface area contributed by atoms with Gasteiger partial charge in [0, 0.05) is 5.56 Å². The number of halogens is 1. The highest BCUT2D eigenvalue weighted by Gasteiger charge is 2.18. The van der Waals surface area contributed by atoms with E-state index in [0.29, 0.717) is 5.69 Å². The summed E-state index contributed by atoms with van der Waals surface area (Å²) in [5.41, 5.74) is 8.32. The van der Waals surface area contributed by atoms with Crippen LogP contribution in [0.25, 0.3) is 0 Å². The molecular weight excluding hydrogens is 406 g/mol. The Kier molecular flexibility index (Phi) is 7.44. The molecule has 0 aliphatic carbocycles. The Balaban J connectivity index is 0.00000392. The highest BCUT2D eigenvalue weighted by atomic mass is 35.5. The van der Waals surface area contributed by atoms with E-state index in [4.69, 9.17) is 16.3 Å². The maximum Gasteiger partial charge on any atom is 0.257 e. The van der Waals surface area contributed by atoms with Crippen molar-refractivity contribution < 1.29 is 13.2 Å². The lowest BCUT2D eigenvalue weighted by Crippen LogP contribution is -2.35. The van der Waals surface area contributed by atoms with Crippen LogP contribution in [0.15, 0.2) is 23.1 Å². The summed E-state index contributed by atoms with van der Waals surface area (Å²) >= 11 is 0. The van der Waals surface area contributed by atoms with Gasteiger partial charge in [0.15, 0.2) is 5.96 Å². The van der Waals surface area contributed by atoms with Crippen LogP contribution in [0.2, 0.25) is 0 Å². The summed E-state index contributed by atoms with van der Waals surface area (Å²) in [5.74, 6) is -1.27. The van der Waals surface area contributed by atoms with Crippen molar-refractivity contribution in [2.45, 2.75) is 32.2 Å². The Labute approximate surface area is 169 Å². The standard InChI is InChI=1S/C16H21N7O3S.ClH/c1-8-9(2)22-13(10(3)21-8)7-20-12-5-4-11(15(24)23-16(17)18)6-14(12)27(19,25)26;/h4-6,20H,7H2,1-3H3,(H2,19,25,26)(H4,17,18,23,24);1H. The number of benzene rings is 1. The Morgan fingerprint density at radius 1 is 1.14 bits per heavy atom. The van der Waals surface area contributed by atoms with Gasteiger partial charge >= 0.3 is 0 Å². The van der Waals surface area contributed by atoms with E-state index in [1.54, 1.807) is 0 Å². The molecule has 1 aromatic heterocycles. The fraction of sp³-hybridized carbons (Fsp3) is 0.250. The summed E-state index contributed by atoms with van der Waals surface area (Å²) in [6.07, 6.45) is 0. The Bertz CT molecular complexity index is 1030. The summed E-state index contributed by atoms with van der Waals surface area (Å²) in [5, 5.41) is 17.4. The maximum absolute atomic E-state index is 11.9. The topological polar surface area (TPSA) is 177 Å². The van der Waals surface area contributed by atoms with Crippen molar-refractivity contribution in [2.75, 3.05) is 5.32 Å². The average Bonchev–Trinajstić information content (AvgIpc) is 2.55. The van der Waals surface area contributed by atoms with Crippen LogP contribution >= 0.6 is 12.4 Å². The molecule has 1 aromatic carbocycles. The molecule has 0 bridgehead atoms. The third-order valence-electron chi connectivity index (χ3n) is 3.82. The first-order valence-electron chi connectivity index (χ1n) is 7.86. The molecule has 10 nitrogen and oxygen atoms in total. The first-order valence-corrected chi connectivity index (χ1v) is 9.40. The molecule has 0 saturated carbocycles. The highest BCUT2D eigenvalue weighted by Crippen LogP contribution is 2.23. The molecule has 0 fully saturated rings. The Morgan fingerprint density at radius 2 is 1.75 bits per heavy atom. The first-order chi connectivity index (χ1) is 12.5. The van der Waals surface area contributed by atoms with Crippen molar-refractivity contribution in [3.05, 3.63) is 46.5 Å². The normalized spacial score (nSPS) is 10.7. The zero-order valence-corrected chi connectivity index (χ0v) is 17.2. The van der Waals surface area contributed by atoms with Crippen LogP contribution in [0.5, 0.6) is 0 Å². The fourth-order valence-corrected chi connectivity index (χ4v) is 3.09. The molecule has 2 rings (SSSR count). The number of hydrogen-bond donors (Lipinski definition) is 5. The van der Waals surface area contributed by atoms with Crippen molar-refractivity contribution in [1.29, 1.82) is 5.41 Å². The van der Waals surface area contributed by atoms with Crippen molar-refractivity contribution in [3.63, 3.8) is 0 Å². The molecule has 2 aromatic rings. The number of rotatable bonds is 5. The van der Waals surface area contributed by atoms with Crippen LogP contribution in [0.1, 0.15) is 33.1 Å². The lowest BCUT2D eigenvalue weighted by Gasteiger charge is -2.14. The molecule has 0 radical (unpaired) electrons. The number of aromatic nitrogens is 2. The summed E-state index contributed by atoms with van der Waals surface area (Å²) in [6.45, 7) is 5.73. The number of guanidine groups is 1. The monoisotopic (exact) mass is 427 g/mol. The van der Waals surface area contributed by atoms with E-state index in [2.05, 4.69) is 20.6 Å². The molecule has 152 valence electrons.